The third-order valence-corrected chi connectivity index (χ3v) is 5.59. The van der Waals surface area contributed by atoms with Crippen LogP contribution < -0.4 is 0 Å². The average Bonchev–Trinajstić information content (AvgIpc) is 3.09. The van der Waals surface area contributed by atoms with Gasteiger partial charge in [0.25, 0.3) is 0 Å². The van der Waals surface area contributed by atoms with Crippen LogP contribution >= 0.6 is 11.3 Å². The Balaban J connectivity index is 2.04. The molecule has 0 fully saturated rings. The first-order valence-electron chi connectivity index (χ1n) is 8.24. The minimum absolute atomic E-state index is 0.187. The van der Waals surface area contributed by atoms with Gasteiger partial charge >= 0.3 is 5.97 Å². The second kappa shape index (κ2) is 7.01. The molecule has 0 amide bonds. The number of nitrogens with zero attached hydrogens (tertiary/aromatic N) is 1. The van der Waals surface area contributed by atoms with Crippen molar-refractivity contribution in [1.82, 2.24) is 4.98 Å². The second-order valence-electron chi connectivity index (χ2n) is 6.01. The number of benzene rings is 2. The number of thiophene rings is 1. The van der Waals surface area contributed by atoms with Gasteiger partial charge in [0.2, 0.25) is 0 Å². The fourth-order valence-corrected chi connectivity index (χ4v) is 4.24. The number of esters is 1. The predicted molar refractivity (Wildman–Crippen MR) is 103 cm³/mol. The van der Waals surface area contributed by atoms with Crippen molar-refractivity contribution < 1.29 is 23.4 Å². The van der Waals surface area contributed by atoms with Crippen LogP contribution in [0.1, 0.15) is 10.5 Å². The summed E-state index contributed by atoms with van der Waals surface area (Å²) in [6.45, 7) is 0. The number of rotatable bonds is 3. The van der Waals surface area contributed by atoms with Crippen molar-refractivity contribution in [2.45, 2.75) is 0 Å². The minimum atomic E-state index is -0.750. The van der Waals surface area contributed by atoms with Crippen LogP contribution in [0.4, 0.5) is 8.78 Å². The van der Waals surface area contributed by atoms with Gasteiger partial charge in [-0.15, -0.1) is 11.3 Å². The third kappa shape index (κ3) is 2.99. The van der Waals surface area contributed by atoms with Crippen LogP contribution in [0.3, 0.4) is 0 Å². The van der Waals surface area contributed by atoms with Crippen molar-refractivity contribution >= 4 is 27.4 Å². The molecule has 2 aromatic heterocycles. The van der Waals surface area contributed by atoms with E-state index in [1.165, 1.54) is 48.9 Å². The Labute approximate surface area is 162 Å². The van der Waals surface area contributed by atoms with Gasteiger partial charge in [0.1, 0.15) is 11.6 Å². The molecule has 0 saturated carbocycles. The van der Waals surface area contributed by atoms with Crippen molar-refractivity contribution in [1.29, 1.82) is 0 Å². The fourth-order valence-electron chi connectivity index (χ4n) is 2.99. The van der Waals surface area contributed by atoms with E-state index in [2.05, 4.69) is 9.72 Å². The number of hydrogen-bond acceptors (Lipinski definition) is 5. The summed E-state index contributed by atoms with van der Waals surface area (Å²) < 4.78 is 31.9. The first kappa shape index (κ1) is 18.1. The number of carbonyl (C=O) groups is 1. The summed E-state index contributed by atoms with van der Waals surface area (Å²) >= 11 is 1.24. The first-order chi connectivity index (χ1) is 13.5. The smallest absolute Gasteiger partial charge is 0.360 e. The van der Waals surface area contributed by atoms with Crippen LogP contribution in [0.25, 0.3) is 31.7 Å². The van der Waals surface area contributed by atoms with Crippen LogP contribution in [0.15, 0.2) is 54.7 Å². The van der Waals surface area contributed by atoms with E-state index in [4.69, 9.17) is 0 Å². The Morgan fingerprint density at radius 2 is 1.57 bits per heavy atom. The van der Waals surface area contributed by atoms with E-state index in [1.54, 1.807) is 24.3 Å². The monoisotopic (exact) mass is 397 g/mol. The zero-order valence-corrected chi connectivity index (χ0v) is 15.4. The maximum absolute atomic E-state index is 13.4. The topological polar surface area (TPSA) is 59.4 Å². The van der Waals surface area contributed by atoms with Gasteiger partial charge in [0.15, 0.2) is 11.4 Å². The van der Waals surface area contributed by atoms with Crippen molar-refractivity contribution in [3.8, 4) is 27.3 Å². The highest BCUT2D eigenvalue weighted by Crippen LogP contribution is 2.47. The van der Waals surface area contributed by atoms with E-state index >= 15 is 0 Å². The highest BCUT2D eigenvalue weighted by Gasteiger charge is 2.23. The molecule has 28 heavy (non-hydrogen) atoms. The van der Waals surface area contributed by atoms with E-state index in [9.17, 15) is 18.7 Å². The number of ether oxygens (including phenoxy) is 1. The zero-order chi connectivity index (χ0) is 19.8. The lowest BCUT2D eigenvalue weighted by atomic mass is 9.99. The molecular formula is C21H13F2NO3S. The predicted octanol–water partition coefficient (Wildman–Crippen LogP) is 5.40. The number of halogens is 2. The summed E-state index contributed by atoms with van der Waals surface area (Å²) in [4.78, 5) is 16.6. The van der Waals surface area contributed by atoms with Gasteiger partial charge in [-0.3, -0.25) is 0 Å². The van der Waals surface area contributed by atoms with Crippen LogP contribution in [0, 0.1) is 11.6 Å². The molecule has 4 rings (SSSR count). The summed E-state index contributed by atoms with van der Waals surface area (Å²) in [5.41, 5.74) is 1.96. The van der Waals surface area contributed by atoms with E-state index in [0.717, 1.165) is 10.4 Å². The zero-order valence-electron chi connectivity index (χ0n) is 14.6. The largest absolute Gasteiger partial charge is 0.504 e. The minimum Gasteiger partial charge on any atom is -0.504 e. The Morgan fingerprint density at radius 3 is 2.14 bits per heavy atom. The number of hydrogen-bond donors (Lipinski definition) is 1. The van der Waals surface area contributed by atoms with E-state index in [0.29, 0.717) is 21.2 Å². The van der Waals surface area contributed by atoms with Gasteiger partial charge in [0, 0.05) is 22.0 Å². The lowest BCUT2D eigenvalue weighted by Crippen LogP contribution is -2.04. The molecule has 0 spiro atoms. The molecule has 140 valence electrons. The molecule has 0 unspecified atom stereocenters. The normalized spacial score (nSPS) is 11.0. The summed E-state index contributed by atoms with van der Waals surface area (Å²) in [5, 5.41) is 11.2. The molecule has 0 saturated heterocycles. The molecule has 0 aliphatic heterocycles. The molecule has 1 N–H and O–H groups in total. The third-order valence-electron chi connectivity index (χ3n) is 4.33. The van der Waals surface area contributed by atoms with Crippen molar-refractivity contribution in [2.75, 3.05) is 7.11 Å². The number of fused-ring (bicyclic) bond motifs is 1. The quantitative estimate of drug-likeness (QED) is 0.470. The molecule has 0 radical (unpaired) electrons. The Hall–Kier alpha value is -3.32. The SMILES string of the molecule is COC(=O)c1ncc2c(-c3ccc(F)cc3)c(-c3ccc(F)cc3)sc2c1O. The number of aromatic nitrogens is 1. The van der Waals surface area contributed by atoms with E-state index < -0.39 is 5.97 Å². The molecule has 0 aliphatic carbocycles. The van der Waals surface area contributed by atoms with Gasteiger partial charge in [-0.1, -0.05) is 24.3 Å². The molecular weight excluding hydrogens is 384 g/mol. The van der Waals surface area contributed by atoms with E-state index in [1.807, 2.05) is 0 Å². The molecule has 7 heteroatoms. The maximum Gasteiger partial charge on any atom is 0.360 e. The van der Waals surface area contributed by atoms with Gasteiger partial charge in [-0.05, 0) is 35.4 Å². The maximum atomic E-state index is 13.4. The number of carbonyl (C=O) groups excluding carboxylic acids is 1. The summed E-state index contributed by atoms with van der Waals surface area (Å²) in [6.07, 6.45) is 1.48. The lowest BCUT2D eigenvalue weighted by molar-refractivity contribution is 0.0591. The Kier molecular flexibility index (Phi) is 4.52. The number of methoxy groups -OCH3 is 1. The first-order valence-corrected chi connectivity index (χ1v) is 9.06. The van der Waals surface area contributed by atoms with Crippen LogP contribution in [0.2, 0.25) is 0 Å². The molecule has 0 atom stereocenters. The molecule has 2 heterocycles. The molecule has 0 bridgehead atoms. The Bertz CT molecular complexity index is 1190. The van der Waals surface area contributed by atoms with Crippen molar-refractivity contribution in [3.05, 3.63) is 72.1 Å². The van der Waals surface area contributed by atoms with Gasteiger partial charge in [0.05, 0.1) is 11.8 Å². The van der Waals surface area contributed by atoms with Crippen LogP contribution in [-0.4, -0.2) is 23.2 Å². The number of pyridine rings is 1. The standard InChI is InChI=1S/C21H13F2NO3S/c1-27-21(26)17-18(25)20-15(10-24-17)16(11-2-6-13(22)7-3-11)19(28-20)12-4-8-14(23)9-5-12/h2-10,25H,1H3. The highest BCUT2D eigenvalue weighted by atomic mass is 32.1. The fraction of sp³-hybridized carbons (Fsp3) is 0.0476. The van der Waals surface area contributed by atoms with Crippen molar-refractivity contribution in [2.24, 2.45) is 0 Å². The molecule has 4 nitrogen and oxygen atoms in total. The van der Waals surface area contributed by atoms with Crippen molar-refractivity contribution in [3.63, 3.8) is 0 Å². The van der Waals surface area contributed by atoms with Gasteiger partial charge in [-0.2, -0.15) is 0 Å². The molecule has 4 aromatic rings. The van der Waals surface area contributed by atoms with Gasteiger partial charge in [-0.25, -0.2) is 18.6 Å². The molecule has 0 aliphatic rings. The lowest BCUT2D eigenvalue weighted by Gasteiger charge is -2.06. The van der Waals surface area contributed by atoms with Gasteiger partial charge < -0.3 is 9.84 Å². The summed E-state index contributed by atoms with van der Waals surface area (Å²) in [6, 6.07) is 11.8. The molecule has 2 aromatic carbocycles. The second-order valence-corrected chi connectivity index (χ2v) is 7.03. The highest BCUT2D eigenvalue weighted by molar-refractivity contribution is 7.23. The summed E-state index contributed by atoms with van der Waals surface area (Å²) in [7, 11) is 1.20. The van der Waals surface area contributed by atoms with Crippen LogP contribution in [-0.2, 0) is 4.74 Å². The van der Waals surface area contributed by atoms with E-state index in [-0.39, 0.29) is 23.1 Å². The average molecular weight is 397 g/mol. The Morgan fingerprint density at radius 1 is 1.00 bits per heavy atom. The van der Waals surface area contributed by atoms with Crippen LogP contribution in [0.5, 0.6) is 5.75 Å². The number of aromatic hydroxyl groups is 1. The summed E-state index contributed by atoms with van der Waals surface area (Å²) in [5.74, 6) is -1.78.